The number of rotatable bonds is 14. The topological polar surface area (TPSA) is 86.0 Å². The summed E-state index contributed by atoms with van der Waals surface area (Å²) < 4.78 is 15.1. The Kier molecular flexibility index (Phi) is 16.5. The maximum atomic E-state index is 8.57. The number of hydrogen-bond donors (Lipinski definition) is 1. The highest BCUT2D eigenvalue weighted by Gasteiger charge is 2.26. The van der Waals surface area contributed by atoms with Crippen molar-refractivity contribution in [2.45, 2.75) is 83.3 Å². The van der Waals surface area contributed by atoms with Crippen molar-refractivity contribution < 1.29 is 24.8 Å². The van der Waals surface area contributed by atoms with Crippen LogP contribution in [0.15, 0.2) is 0 Å². The monoisotopic (exact) mass is 334 g/mol. The minimum absolute atomic E-state index is 0. The third-order valence-corrected chi connectivity index (χ3v) is 3.92. The van der Waals surface area contributed by atoms with E-state index in [1.165, 1.54) is 57.8 Å². The highest BCUT2D eigenvalue weighted by molar-refractivity contribution is 4.71. The molecule has 0 saturated carbocycles. The van der Waals surface area contributed by atoms with E-state index in [1.807, 2.05) is 0 Å². The van der Waals surface area contributed by atoms with Gasteiger partial charge in [0.15, 0.2) is 0 Å². The summed E-state index contributed by atoms with van der Waals surface area (Å²) in [5.74, 6) is 0. The Balaban J connectivity index is 0.000000421. The average molecular weight is 334 g/mol. The van der Waals surface area contributed by atoms with Crippen LogP contribution in [0.4, 0.5) is 0 Å². The second-order valence-corrected chi connectivity index (χ2v) is 6.35. The van der Waals surface area contributed by atoms with Crippen molar-refractivity contribution in [2.75, 3.05) is 33.0 Å². The molecular formula is C18H38O5. The molecular weight excluding hydrogens is 296 g/mol. The van der Waals surface area contributed by atoms with E-state index in [1.54, 1.807) is 0 Å². The molecule has 2 saturated heterocycles. The van der Waals surface area contributed by atoms with Crippen LogP contribution < -0.4 is 0 Å². The second-order valence-electron chi connectivity index (χ2n) is 6.35. The fourth-order valence-corrected chi connectivity index (χ4v) is 2.26. The first-order valence-corrected chi connectivity index (χ1v) is 9.28. The van der Waals surface area contributed by atoms with E-state index in [9.17, 15) is 0 Å². The van der Waals surface area contributed by atoms with Gasteiger partial charge in [-0.3, -0.25) is 0 Å². The molecule has 0 bridgehead atoms. The first kappa shape index (κ1) is 22.8. The lowest BCUT2D eigenvalue weighted by atomic mass is 10.1. The molecule has 0 spiro atoms. The Labute approximate surface area is 142 Å². The largest absolute Gasteiger partial charge is 0.412 e. The predicted molar refractivity (Wildman–Crippen MR) is 92.8 cm³/mol. The average Bonchev–Trinajstić information content (AvgIpc) is 3.41. The molecule has 140 valence electrons. The normalized spacial score (nSPS) is 21.1. The van der Waals surface area contributed by atoms with Crippen LogP contribution in [0.3, 0.4) is 0 Å². The molecule has 0 aromatic carbocycles. The number of hydrogen-bond acceptors (Lipinski definition) is 4. The summed E-state index contributed by atoms with van der Waals surface area (Å²) in [5.41, 5.74) is 0. The maximum absolute atomic E-state index is 8.57. The molecule has 2 aliphatic heterocycles. The zero-order chi connectivity index (χ0) is 15.9. The molecule has 0 aromatic rings. The Morgan fingerprint density at radius 1 is 0.783 bits per heavy atom. The van der Waals surface area contributed by atoms with E-state index >= 15 is 0 Å². The van der Waals surface area contributed by atoms with Gasteiger partial charge in [0.05, 0.1) is 26.4 Å². The van der Waals surface area contributed by atoms with Crippen LogP contribution in [0.25, 0.3) is 0 Å². The van der Waals surface area contributed by atoms with Crippen molar-refractivity contribution in [1.29, 1.82) is 0 Å². The third kappa shape index (κ3) is 18.0. The number of aliphatic hydroxyl groups is 1. The zero-order valence-corrected chi connectivity index (χ0v) is 14.9. The number of aliphatic hydroxyl groups excluding tert-OH is 1. The van der Waals surface area contributed by atoms with Crippen LogP contribution >= 0.6 is 0 Å². The highest BCUT2D eigenvalue weighted by Crippen LogP contribution is 2.12. The van der Waals surface area contributed by atoms with Gasteiger partial charge in [0, 0.05) is 6.61 Å². The smallest absolute Gasteiger partial charge is 0.104 e. The van der Waals surface area contributed by atoms with Crippen molar-refractivity contribution in [1.82, 2.24) is 0 Å². The molecule has 2 heterocycles. The SMILES string of the molecule is C(OCC1CO1)C1CO1.CCCCCCCCCCCCO.O. The van der Waals surface area contributed by atoms with E-state index in [0.29, 0.717) is 18.8 Å². The molecule has 0 radical (unpaired) electrons. The lowest BCUT2D eigenvalue weighted by Crippen LogP contribution is -2.06. The summed E-state index contributed by atoms with van der Waals surface area (Å²) in [5, 5.41) is 8.57. The highest BCUT2D eigenvalue weighted by atomic mass is 16.6. The fourth-order valence-electron chi connectivity index (χ4n) is 2.26. The van der Waals surface area contributed by atoms with E-state index < -0.39 is 0 Å². The molecule has 2 aliphatic rings. The molecule has 2 fully saturated rings. The maximum Gasteiger partial charge on any atom is 0.104 e. The molecule has 5 heteroatoms. The van der Waals surface area contributed by atoms with Gasteiger partial charge >= 0.3 is 0 Å². The van der Waals surface area contributed by atoms with Crippen molar-refractivity contribution in [3.63, 3.8) is 0 Å². The summed E-state index contributed by atoms with van der Waals surface area (Å²) >= 11 is 0. The predicted octanol–water partition coefficient (Wildman–Crippen LogP) is 2.88. The van der Waals surface area contributed by atoms with Crippen LogP contribution in [0.5, 0.6) is 0 Å². The van der Waals surface area contributed by atoms with Gasteiger partial charge in [-0.2, -0.15) is 0 Å². The Hall–Kier alpha value is -0.200. The van der Waals surface area contributed by atoms with E-state index in [0.717, 1.165) is 32.8 Å². The number of epoxide rings is 2. The van der Waals surface area contributed by atoms with Gasteiger partial charge in [0.2, 0.25) is 0 Å². The van der Waals surface area contributed by atoms with Gasteiger partial charge in [-0.25, -0.2) is 0 Å². The van der Waals surface area contributed by atoms with E-state index in [4.69, 9.17) is 19.3 Å². The van der Waals surface area contributed by atoms with Gasteiger partial charge in [-0.1, -0.05) is 64.7 Å². The van der Waals surface area contributed by atoms with E-state index in [2.05, 4.69) is 6.92 Å². The molecule has 2 rings (SSSR count). The van der Waals surface area contributed by atoms with E-state index in [-0.39, 0.29) is 5.48 Å². The Morgan fingerprint density at radius 3 is 1.52 bits per heavy atom. The zero-order valence-electron chi connectivity index (χ0n) is 14.9. The van der Waals surface area contributed by atoms with Gasteiger partial charge in [0.1, 0.15) is 12.2 Å². The first-order valence-electron chi connectivity index (χ1n) is 9.28. The Bertz CT molecular complexity index is 207. The minimum Gasteiger partial charge on any atom is -0.412 e. The van der Waals surface area contributed by atoms with Crippen molar-refractivity contribution >= 4 is 0 Å². The van der Waals surface area contributed by atoms with Crippen molar-refractivity contribution in [3.8, 4) is 0 Å². The van der Waals surface area contributed by atoms with Crippen LogP contribution in [0.2, 0.25) is 0 Å². The summed E-state index contributed by atoms with van der Waals surface area (Å²) in [7, 11) is 0. The van der Waals surface area contributed by atoms with Crippen LogP contribution in [-0.2, 0) is 14.2 Å². The molecule has 3 N–H and O–H groups in total. The summed E-state index contributed by atoms with van der Waals surface area (Å²) in [6.07, 6.45) is 14.1. The van der Waals surface area contributed by atoms with Crippen molar-refractivity contribution in [3.05, 3.63) is 0 Å². The molecule has 0 amide bonds. The Morgan fingerprint density at radius 2 is 1.17 bits per heavy atom. The van der Waals surface area contributed by atoms with Crippen LogP contribution in [0.1, 0.15) is 71.1 Å². The lowest BCUT2D eigenvalue weighted by Gasteiger charge is -2.00. The summed E-state index contributed by atoms with van der Waals surface area (Å²) in [6, 6.07) is 0. The minimum atomic E-state index is 0. The molecule has 2 unspecified atom stereocenters. The number of unbranched alkanes of at least 4 members (excludes halogenated alkanes) is 9. The standard InChI is InChI=1S/C12H26O.C6H10O3.H2O/c1-2-3-4-5-6-7-8-9-10-11-12-13;1(5-3-8-5)7-2-6-4-9-6;/h13H,2-12H2,1H3;5-6H,1-4H2;1H2. The van der Waals surface area contributed by atoms with Crippen LogP contribution in [-0.4, -0.2) is 55.8 Å². The fraction of sp³-hybridized carbons (Fsp3) is 1.00. The quantitative estimate of drug-likeness (QED) is 0.391. The van der Waals surface area contributed by atoms with Gasteiger partial charge in [-0.15, -0.1) is 0 Å². The first-order chi connectivity index (χ1) is 10.9. The van der Waals surface area contributed by atoms with Crippen molar-refractivity contribution in [2.24, 2.45) is 0 Å². The summed E-state index contributed by atoms with van der Waals surface area (Å²) in [4.78, 5) is 0. The molecule has 2 atom stereocenters. The second kappa shape index (κ2) is 16.7. The molecule has 23 heavy (non-hydrogen) atoms. The van der Waals surface area contributed by atoms with Crippen LogP contribution in [0, 0.1) is 0 Å². The lowest BCUT2D eigenvalue weighted by molar-refractivity contribution is 0.102. The van der Waals surface area contributed by atoms with Gasteiger partial charge < -0.3 is 24.8 Å². The summed E-state index contributed by atoms with van der Waals surface area (Å²) in [6.45, 7) is 5.89. The van der Waals surface area contributed by atoms with Gasteiger partial charge in [-0.05, 0) is 6.42 Å². The molecule has 5 nitrogen and oxygen atoms in total. The number of ether oxygens (including phenoxy) is 3. The third-order valence-electron chi connectivity index (χ3n) is 3.92. The molecule has 0 aromatic heterocycles. The molecule has 0 aliphatic carbocycles. The van der Waals surface area contributed by atoms with Gasteiger partial charge in [0.25, 0.3) is 0 Å².